The highest BCUT2D eigenvalue weighted by molar-refractivity contribution is 5.94. The van der Waals surface area contributed by atoms with Gasteiger partial charge in [0.2, 0.25) is 0 Å². The van der Waals surface area contributed by atoms with Gasteiger partial charge in [-0.1, -0.05) is 5.92 Å². The summed E-state index contributed by atoms with van der Waals surface area (Å²) in [6.45, 7) is 6.64. The molecule has 2 amide bonds. The summed E-state index contributed by atoms with van der Waals surface area (Å²) in [6.07, 6.45) is 6.65. The van der Waals surface area contributed by atoms with Crippen LogP contribution in [0.1, 0.15) is 49.5 Å². The second-order valence-corrected chi connectivity index (χ2v) is 6.96. The number of hydrogen-bond donors (Lipinski definition) is 1. The Labute approximate surface area is 143 Å². The van der Waals surface area contributed by atoms with Crippen molar-refractivity contribution in [1.82, 2.24) is 10.2 Å². The highest BCUT2D eigenvalue weighted by Gasteiger charge is 2.28. The Morgan fingerprint density at radius 2 is 1.96 bits per heavy atom. The summed E-state index contributed by atoms with van der Waals surface area (Å²) in [7, 11) is 0. The van der Waals surface area contributed by atoms with Crippen LogP contribution in [-0.2, 0) is 4.74 Å². The van der Waals surface area contributed by atoms with Gasteiger partial charge in [-0.15, -0.1) is 6.42 Å². The molecular weight excluding hydrogens is 304 g/mol. The number of carbonyl (C=O) groups is 2. The molecular formula is C19H24N2O3. The van der Waals surface area contributed by atoms with Crippen molar-refractivity contribution >= 4 is 12.0 Å². The minimum Gasteiger partial charge on any atom is -0.444 e. The van der Waals surface area contributed by atoms with Crippen molar-refractivity contribution in [3.05, 3.63) is 35.4 Å². The van der Waals surface area contributed by atoms with Crippen LogP contribution in [-0.4, -0.2) is 41.6 Å². The van der Waals surface area contributed by atoms with Gasteiger partial charge in [-0.25, -0.2) is 4.79 Å². The Kier molecular flexibility index (Phi) is 5.50. The number of piperidine rings is 1. The van der Waals surface area contributed by atoms with E-state index in [1.165, 1.54) is 0 Å². The van der Waals surface area contributed by atoms with Crippen molar-refractivity contribution in [3.8, 4) is 12.3 Å². The van der Waals surface area contributed by atoms with Crippen molar-refractivity contribution in [1.29, 1.82) is 0 Å². The maximum Gasteiger partial charge on any atom is 0.410 e. The van der Waals surface area contributed by atoms with E-state index in [-0.39, 0.29) is 18.0 Å². The van der Waals surface area contributed by atoms with E-state index in [2.05, 4.69) is 11.2 Å². The molecule has 0 unspecified atom stereocenters. The molecule has 0 aromatic heterocycles. The Balaban J connectivity index is 1.93. The van der Waals surface area contributed by atoms with E-state index in [9.17, 15) is 9.59 Å². The van der Waals surface area contributed by atoms with Crippen LogP contribution in [0.5, 0.6) is 0 Å². The largest absolute Gasteiger partial charge is 0.444 e. The van der Waals surface area contributed by atoms with Crippen molar-refractivity contribution in [3.63, 3.8) is 0 Å². The third kappa shape index (κ3) is 5.02. The van der Waals surface area contributed by atoms with Crippen LogP contribution >= 0.6 is 0 Å². The molecule has 1 N–H and O–H groups in total. The molecule has 5 heteroatoms. The summed E-state index contributed by atoms with van der Waals surface area (Å²) in [5, 5.41) is 2.98. The first-order valence-corrected chi connectivity index (χ1v) is 8.14. The summed E-state index contributed by atoms with van der Waals surface area (Å²) in [5.41, 5.74) is 0.773. The zero-order valence-electron chi connectivity index (χ0n) is 14.5. The van der Waals surface area contributed by atoms with Crippen LogP contribution in [0, 0.1) is 12.3 Å². The summed E-state index contributed by atoms with van der Waals surface area (Å²) in [5.74, 6) is 2.36. The van der Waals surface area contributed by atoms with E-state index in [4.69, 9.17) is 11.2 Å². The lowest BCUT2D eigenvalue weighted by atomic mass is 10.0. The standard InChI is InChI=1S/C19H24N2O3/c1-5-14-8-10-15(11-9-14)17(22)20-16-7-6-12-21(13-16)18(23)24-19(2,3)4/h1,8-11,16H,6-7,12-13H2,2-4H3,(H,20,22)/t16-/m1/s1. The monoisotopic (exact) mass is 328 g/mol. The van der Waals surface area contributed by atoms with Crippen LogP contribution in [0.15, 0.2) is 24.3 Å². The Bertz CT molecular complexity index is 638. The van der Waals surface area contributed by atoms with E-state index in [1.54, 1.807) is 29.2 Å². The Morgan fingerprint density at radius 3 is 2.54 bits per heavy atom. The van der Waals surface area contributed by atoms with Gasteiger partial charge >= 0.3 is 6.09 Å². The van der Waals surface area contributed by atoms with E-state index in [1.807, 2.05) is 20.8 Å². The lowest BCUT2D eigenvalue weighted by Gasteiger charge is -2.34. The van der Waals surface area contributed by atoms with Crippen molar-refractivity contribution in [2.24, 2.45) is 0 Å². The number of ether oxygens (including phenoxy) is 1. The zero-order chi connectivity index (χ0) is 17.7. The number of carbonyl (C=O) groups excluding carboxylic acids is 2. The van der Waals surface area contributed by atoms with Crippen LogP contribution in [0.25, 0.3) is 0 Å². The quantitative estimate of drug-likeness (QED) is 0.849. The highest BCUT2D eigenvalue weighted by atomic mass is 16.6. The van der Waals surface area contributed by atoms with Crippen LogP contribution in [0.4, 0.5) is 4.79 Å². The third-order valence-electron chi connectivity index (χ3n) is 3.72. The van der Waals surface area contributed by atoms with E-state index >= 15 is 0 Å². The SMILES string of the molecule is C#Cc1ccc(C(=O)N[C@@H]2CCCN(C(=O)OC(C)(C)C)C2)cc1. The van der Waals surface area contributed by atoms with Gasteiger partial charge in [0.05, 0.1) is 0 Å². The molecule has 5 nitrogen and oxygen atoms in total. The van der Waals surface area contributed by atoms with Gasteiger partial charge in [-0.3, -0.25) is 4.79 Å². The number of amides is 2. The second kappa shape index (κ2) is 7.39. The number of hydrogen-bond acceptors (Lipinski definition) is 3. The molecule has 24 heavy (non-hydrogen) atoms. The van der Waals surface area contributed by atoms with Crippen LogP contribution in [0.3, 0.4) is 0 Å². The van der Waals surface area contributed by atoms with E-state index in [0.717, 1.165) is 18.4 Å². The fourth-order valence-corrected chi connectivity index (χ4v) is 2.57. The molecule has 0 spiro atoms. The van der Waals surface area contributed by atoms with Gasteiger partial charge in [0.25, 0.3) is 5.91 Å². The van der Waals surface area contributed by atoms with Gasteiger partial charge in [-0.2, -0.15) is 0 Å². The van der Waals surface area contributed by atoms with Gasteiger partial charge in [0.15, 0.2) is 0 Å². The molecule has 1 heterocycles. The molecule has 1 aromatic rings. The summed E-state index contributed by atoms with van der Waals surface area (Å²) in [6, 6.07) is 6.81. The Morgan fingerprint density at radius 1 is 1.29 bits per heavy atom. The van der Waals surface area contributed by atoms with Crippen molar-refractivity contribution in [2.45, 2.75) is 45.3 Å². The molecule has 1 fully saturated rings. The lowest BCUT2D eigenvalue weighted by molar-refractivity contribution is 0.0185. The molecule has 1 atom stereocenters. The van der Waals surface area contributed by atoms with E-state index in [0.29, 0.717) is 18.7 Å². The van der Waals surface area contributed by atoms with Crippen LogP contribution < -0.4 is 5.32 Å². The summed E-state index contributed by atoms with van der Waals surface area (Å²) >= 11 is 0. The number of benzene rings is 1. The van der Waals surface area contributed by atoms with Gasteiger partial charge in [0.1, 0.15) is 5.60 Å². The smallest absolute Gasteiger partial charge is 0.410 e. The summed E-state index contributed by atoms with van der Waals surface area (Å²) in [4.78, 5) is 26.1. The number of terminal acetylenes is 1. The molecule has 1 aromatic carbocycles. The fourth-order valence-electron chi connectivity index (χ4n) is 2.57. The minimum atomic E-state index is -0.522. The normalized spacial score (nSPS) is 17.8. The average Bonchev–Trinajstić information content (AvgIpc) is 2.53. The van der Waals surface area contributed by atoms with E-state index < -0.39 is 5.60 Å². The molecule has 0 saturated carbocycles. The summed E-state index contributed by atoms with van der Waals surface area (Å²) < 4.78 is 5.40. The first-order valence-electron chi connectivity index (χ1n) is 8.14. The number of nitrogens with zero attached hydrogens (tertiary/aromatic N) is 1. The number of likely N-dealkylation sites (tertiary alicyclic amines) is 1. The van der Waals surface area contributed by atoms with Crippen molar-refractivity contribution in [2.75, 3.05) is 13.1 Å². The predicted octanol–water partition coefficient (Wildman–Crippen LogP) is 2.80. The molecule has 0 bridgehead atoms. The van der Waals surface area contributed by atoms with Crippen molar-refractivity contribution < 1.29 is 14.3 Å². The molecule has 0 radical (unpaired) electrons. The van der Waals surface area contributed by atoms with Gasteiger partial charge in [0, 0.05) is 30.3 Å². The first-order chi connectivity index (χ1) is 11.3. The Hall–Kier alpha value is -2.48. The maximum absolute atomic E-state index is 12.3. The number of nitrogens with one attached hydrogen (secondary N) is 1. The molecule has 2 rings (SSSR count). The maximum atomic E-state index is 12.3. The number of rotatable bonds is 2. The zero-order valence-corrected chi connectivity index (χ0v) is 14.5. The lowest BCUT2D eigenvalue weighted by Crippen LogP contribution is -2.50. The molecule has 1 saturated heterocycles. The predicted molar refractivity (Wildman–Crippen MR) is 92.7 cm³/mol. The first kappa shape index (κ1) is 17.9. The topological polar surface area (TPSA) is 58.6 Å². The molecule has 1 aliphatic rings. The molecule has 1 aliphatic heterocycles. The molecule has 0 aliphatic carbocycles. The van der Waals surface area contributed by atoms with Gasteiger partial charge in [-0.05, 0) is 57.9 Å². The molecule has 128 valence electrons. The average molecular weight is 328 g/mol. The fraction of sp³-hybridized carbons (Fsp3) is 0.474. The highest BCUT2D eigenvalue weighted by Crippen LogP contribution is 2.16. The minimum absolute atomic E-state index is 0.0777. The van der Waals surface area contributed by atoms with Crippen LogP contribution in [0.2, 0.25) is 0 Å². The van der Waals surface area contributed by atoms with Gasteiger partial charge < -0.3 is 15.0 Å². The third-order valence-corrected chi connectivity index (χ3v) is 3.72. The second-order valence-electron chi connectivity index (χ2n) is 6.96.